The smallest absolute Gasteiger partial charge is 0.423 e. The Kier molecular flexibility index (Phi) is 5.98. The summed E-state index contributed by atoms with van der Waals surface area (Å²) in [5, 5.41) is 25.5. The zero-order valence-electron chi connectivity index (χ0n) is 14.7. The third kappa shape index (κ3) is 4.51. The van der Waals surface area contributed by atoms with E-state index in [2.05, 4.69) is 10.4 Å². The Labute approximate surface area is 160 Å². The number of aldehydes is 1. The molecule has 3 N–H and O–H groups in total. The van der Waals surface area contributed by atoms with E-state index in [4.69, 9.17) is 0 Å². The molecule has 0 aliphatic carbocycles. The summed E-state index contributed by atoms with van der Waals surface area (Å²) in [7, 11) is -1.79. The molecule has 0 radical (unpaired) electrons. The monoisotopic (exact) mass is 381 g/mol. The van der Waals surface area contributed by atoms with Crippen molar-refractivity contribution in [2.45, 2.75) is 6.42 Å². The van der Waals surface area contributed by atoms with E-state index in [9.17, 15) is 24.0 Å². The van der Waals surface area contributed by atoms with Gasteiger partial charge in [-0.05, 0) is 41.9 Å². The van der Waals surface area contributed by atoms with Crippen molar-refractivity contribution in [3.05, 3.63) is 77.4 Å². The minimum atomic E-state index is -1.79. The summed E-state index contributed by atoms with van der Waals surface area (Å²) in [4.78, 5) is 23.3. The first kappa shape index (κ1) is 19.5. The molecular formula is C19H17BFN3O4. The second-order valence-electron chi connectivity index (χ2n) is 6.07. The van der Waals surface area contributed by atoms with Crippen LogP contribution in [0.15, 0.2) is 54.7 Å². The third-order valence-corrected chi connectivity index (χ3v) is 4.14. The molecule has 3 aromatic rings. The molecule has 28 heavy (non-hydrogen) atoms. The van der Waals surface area contributed by atoms with Gasteiger partial charge in [-0.2, -0.15) is 5.10 Å². The first-order chi connectivity index (χ1) is 13.5. The maximum Gasteiger partial charge on any atom is 0.489 e. The van der Waals surface area contributed by atoms with Crippen molar-refractivity contribution >= 4 is 24.8 Å². The maximum absolute atomic E-state index is 13.3. The number of halogens is 1. The fourth-order valence-corrected chi connectivity index (χ4v) is 2.72. The average molecular weight is 381 g/mol. The Morgan fingerprint density at radius 1 is 1.21 bits per heavy atom. The molecule has 0 atom stereocenters. The lowest BCUT2D eigenvalue weighted by molar-refractivity contribution is 0.0954. The van der Waals surface area contributed by atoms with E-state index in [0.717, 1.165) is 5.69 Å². The lowest BCUT2D eigenvalue weighted by Crippen LogP contribution is -2.34. The van der Waals surface area contributed by atoms with Gasteiger partial charge in [0.15, 0.2) is 0 Å². The van der Waals surface area contributed by atoms with Crippen molar-refractivity contribution in [3.63, 3.8) is 0 Å². The quantitative estimate of drug-likeness (QED) is 0.408. The van der Waals surface area contributed by atoms with Crippen molar-refractivity contribution in [2.75, 3.05) is 6.54 Å². The van der Waals surface area contributed by atoms with Gasteiger partial charge in [0.1, 0.15) is 12.1 Å². The Hall–Kier alpha value is -3.30. The van der Waals surface area contributed by atoms with Crippen LogP contribution in [-0.2, 0) is 6.42 Å². The Balaban J connectivity index is 1.59. The van der Waals surface area contributed by atoms with Gasteiger partial charge >= 0.3 is 7.12 Å². The maximum atomic E-state index is 13.3. The predicted octanol–water partition coefficient (Wildman–Crippen LogP) is 0.476. The lowest BCUT2D eigenvalue weighted by Gasteiger charge is -2.08. The van der Waals surface area contributed by atoms with Gasteiger partial charge in [-0.25, -0.2) is 9.07 Å². The summed E-state index contributed by atoms with van der Waals surface area (Å²) >= 11 is 0. The van der Waals surface area contributed by atoms with Crippen LogP contribution in [0.25, 0.3) is 5.69 Å². The topological polar surface area (TPSA) is 104 Å². The highest BCUT2D eigenvalue weighted by molar-refractivity contribution is 6.60. The molecule has 7 nitrogen and oxygen atoms in total. The number of amides is 1. The molecule has 0 fully saturated rings. The molecule has 1 amide bonds. The van der Waals surface area contributed by atoms with E-state index in [0.29, 0.717) is 24.9 Å². The highest BCUT2D eigenvalue weighted by Crippen LogP contribution is 2.10. The van der Waals surface area contributed by atoms with Crippen LogP contribution in [0.4, 0.5) is 4.39 Å². The molecular weight excluding hydrogens is 364 g/mol. The van der Waals surface area contributed by atoms with Gasteiger partial charge < -0.3 is 15.4 Å². The summed E-state index contributed by atoms with van der Waals surface area (Å²) in [6, 6.07) is 11.9. The second-order valence-corrected chi connectivity index (χ2v) is 6.07. The largest absolute Gasteiger partial charge is 0.489 e. The molecule has 0 saturated heterocycles. The molecule has 0 aliphatic heterocycles. The summed E-state index contributed by atoms with van der Waals surface area (Å²) in [6.45, 7) is 0.305. The zero-order chi connectivity index (χ0) is 20.1. The van der Waals surface area contributed by atoms with E-state index < -0.39 is 13.0 Å². The van der Waals surface area contributed by atoms with Crippen LogP contribution in [0, 0.1) is 5.82 Å². The first-order valence-electron chi connectivity index (χ1n) is 8.52. The fraction of sp³-hybridized carbons (Fsp3) is 0.105. The molecule has 142 valence electrons. The lowest BCUT2D eigenvalue weighted by atomic mass is 9.77. The third-order valence-electron chi connectivity index (χ3n) is 4.14. The van der Waals surface area contributed by atoms with Crippen molar-refractivity contribution < 1.29 is 24.0 Å². The van der Waals surface area contributed by atoms with Crippen LogP contribution < -0.4 is 10.8 Å². The van der Waals surface area contributed by atoms with E-state index in [1.807, 2.05) is 0 Å². The minimum absolute atomic E-state index is 0.0365. The Morgan fingerprint density at radius 3 is 2.75 bits per heavy atom. The molecule has 0 saturated carbocycles. The molecule has 3 rings (SSSR count). The van der Waals surface area contributed by atoms with E-state index >= 15 is 0 Å². The van der Waals surface area contributed by atoms with Crippen LogP contribution >= 0.6 is 0 Å². The number of hydrogen-bond donors (Lipinski definition) is 3. The normalized spacial score (nSPS) is 10.5. The van der Waals surface area contributed by atoms with Crippen molar-refractivity contribution in [2.24, 2.45) is 0 Å². The molecule has 0 bridgehead atoms. The first-order valence-corrected chi connectivity index (χ1v) is 8.52. The second kappa shape index (κ2) is 8.60. The molecule has 1 heterocycles. The van der Waals surface area contributed by atoms with Gasteiger partial charge in [0, 0.05) is 30.3 Å². The predicted molar refractivity (Wildman–Crippen MR) is 101 cm³/mol. The number of hydrogen-bond acceptors (Lipinski definition) is 5. The zero-order valence-corrected chi connectivity index (χ0v) is 14.7. The van der Waals surface area contributed by atoms with Gasteiger partial charge in [0.2, 0.25) is 0 Å². The number of benzene rings is 2. The number of carbonyl (C=O) groups excluding carboxylic acids is 2. The van der Waals surface area contributed by atoms with Crippen molar-refractivity contribution in [3.8, 4) is 5.69 Å². The van der Waals surface area contributed by atoms with Gasteiger partial charge in [0.05, 0.1) is 11.4 Å². The van der Waals surface area contributed by atoms with Crippen LogP contribution in [0.5, 0.6) is 0 Å². The molecule has 0 unspecified atom stereocenters. The summed E-state index contributed by atoms with van der Waals surface area (Å²) in [5.41, 5.74) is 1.63. The minimum Gasteiger partial charge on any atom is -0.423 e. The van der Waals surface area contributed by atoms with Crippen LogP contribution in [0.1, 0.15) is 26.4 Å². The Morgan fingerprint density at radius 2 is 2.04 bits per heavy atom. The van der Waals surface area contributed by atoms with Crippen LogP contribution in [0.3, 0.4) is 0 Å². The fourth-order valence-electron chi connectivity index (χ4n) is 2.72. The van der Waals surface area contributed by atoms with Crippen molar-refractivity contribution in [1.82, 2.24) is 15.1 Å². The SMILES string of the molecule is O=Cc1cc(C(=O)NCCc2ccn(-c3cccc(F)c3)n2)ccc1B(O)O. The summed E-state index contributed by atoms with van der Waals surface area (Å²) < 4.78 is 14.8. The molecule has 0 aliphatic rings. The average Bonchev–Trinajstić information content (AvgIpc) is 3.16. The number of rotatable bonds is 7. The summed E-state index contributed by atoms with van der Waals surface area (Å²) in [6.07, 6.45) is 2.63. The van der Waals surface area contributed by atoms with Crippen LogP contribution in [0.2, 0.25) is 0 Å². The molecule has 9 heteroatoms. The highest BCUT2D eigenvalue weighted by atomic mass is 19.1. The standard InChI is InChI=1S/C19H17BFN3O4/c21-15-2-1-3-17(11-15)24-9-7-16(23-24)6-8-22-19(26)13-4-5-18(20(27)28)14(10-13)12-25/h1-5,7,9-12,27-28H,6,8H2,(H,22,26). The van der Waals surface area contributed by atoms with E-state index in [1.165, 1.54) is 30.3 Å². The highest BCUT2D eigenvalue weighted by Gasteiger charge is 2.17. The van der Waals surface area contributed by atoms with E-state index in [1.54, 1.807) is 29.1 Å². The number of carbonyl (C=O) groups is 2. The number of nitrogens with one attached hydrogen (secondary N) is 1. The van der Waals surface area contributed by atoms with E-state index in [-0.39, 0.29) is 22.4 Å². The van der Waals surface area contributed by atoms with Crippen LogP contribution in [-0.4, -0.2) is 45.7 Å². The van der Waals surface area contributed by atoms with Gasteiger partial charge in [-0.15, -0.1) is 0 Å². The van der Waals surface area contributed by atoms with Crippen molar-refractivity contribution in [1.29, 1.82) is 0 Å². The summed E-state index contributed by atoms with van der Waals surface area (Å²) in [5.74, 6) is -0.747. The Bertz CT molecular complexity index is 1010. The molecule has 1 aromatic heterocycles. The molecule has 2 aromatic carbocycles. The van der Waals surface area contributed by atoms with Gasteiger partial charge in [0.25, 0.3) is 5.91 Å². The molecule has 0 spiro atoms. The van der Waals surface area contributed by atoms with Gasteiger partial charge in [-0.3, -0.25) is 9.59 Å². The number of nitrogens with zero attached hydrogens (tertiary/aromatic N) is 2. The number of aromatic nitrogens is 2. The van der Waals surface area contributed by atoms with Gasteiger partial charge in [-0.1, -0.05) is 12.1 Å².